The molecule has 2 aromatic heterocycles. The second-order valence-electron chi connectivity index (χ2n) is 4.39. The second-order valence-corrected chi connectivity index (χ2v) is 6.12. The summed E-state index contributed by atoms with van der Waals surface area (Å²) in [6.07, 6.45) is 2.86. The van der Waals surface area contributed by atoms with Crippen molar-refractivity contribution in [2.45, 2.75) is 19.4 Å². The monoisotopic (exact) mass is 289 g/mol. The van der Waals surface area contributed by atoms with Crippen LogP contribution in [0, 0.1) is 0 Å². The SMILES string of the molecule is CCNC(Cc1csc2ccccc12)c1cnns1. The van der Waals surface area contributed by atoms with Crippen LogP contribution in [0.3, 0.4) is 0 Å². The number of hydrogen-bond acceptors (Lipinski definition) is 5. The predicted molar refractivity (Wildman–Crippen MR) is 81.9 cm³/mol. The van der Waals surface area contributed by atoms with E-state index >= 15 is 0 Å². The fourth-order valence-electron chi connectivity index (χ4n) is 2.26. The largest absolute Gasteiger partial charge is 0.309 e. The molecule has 1 atom stereocenters. The van der Waals surface area contributed by atoms with Crippen molar-refractivity contribution in [1.29, 1.82) is 0 Å². The van der Waals surface area contributed by atoms with Gasteiger partial charge in [-0.1, -0.05) is 29.6 Å². The van der Waals surface area contributed by atoms with Gasteiger partial charge in [-0.05, 0) is 46.9 Å². The first-order valence-corrected chi connectivity index (χ1v) is 7.99. The van der Waals surface area contributed by atoms with E-state index in [0.29, 0.717) is 6.04 Å². The first-order valence-electron chi connectivity index (χ1n) is 6.34. The molecule has 0 amide bonds. The average molecular weight is 289 g/mol. The van der Waals surface area contributed by atoms with E-state index in [0.717, 1.165) is 13.0 Å². The highest BCUT2D eigenvalue weighted by Gasteiger charge is 2.15. The molecule has 0 bridgehead atoms. The molecule has 2 heterocycles. The lowest BCUT2D eigenvalue weighted by atomic mass is 10.0. The topological polar surface area (TPSA) is 37.8 Å². The summed E-state index contributed by atoms with van der Waals surface area (Å²) >= 11 is 3.29. The third-order valence-corrected chi connectivity index (χ3v) is 4.95. The Morgan fingerprint density at radius 2 is 2.21 bits per heavy atom. The number of hydrogen-bond donors (Lipinski definition) is 1. The minimum Gasteiger partial charge on any atom is -0.309 e. The summed E-state index contributed by atoms with van der Waals surface area (Å²) in [5, 5.41) is 11.1. The third kappa shape index (κ3) is 2.68. The quantitative estimate of drug-likeness (QED) is 0.779. The average Bonchev–Trinajstić information content (AvgIpc) is 3.08. The van der Waals surface area contributed by atoms with Crippen molar-refractivity contribution in [2.24, 2.45) is 0 Å². The third-order valence-electron chi connectivity index (χ3n) is 3.16. The van der Waals surface area contributed by atoms with Gasteiger partial charge in [0.25, 0.3) is 0 Å². The summed E-state index contributed by atoms with van der Waals surface area (Å²) in [6, 6.07) is 8.89. The fourth-order valence-corrected chi connectivity index (χ4v) is 3.81. The van der Waals surface area contributed by atoms with Gasteiger partial charge in [0.15, 0.2) is 0 Å². The lowest BCUT2D eigenvalue weighted by Gasteiger charge is -2.14. The first-order chi connectivity index (χ1) is 9.38. The van der Waals surface area contributed by atoms with Gasteiger partial charge in [0.05, 0.1) is 11.1 Å². The van der Waals surface area contributed by atoms with Gasteiger partial charge in [-0.2, -0.15) is 0 Å². The Balaban J connectivity index is 1.89. The summed E-state index contributed by atoms with van der Waals surface area (Å²) < 4.78 is 5.33. The van der Waals surface area contributed by atoms with Crippen molar-refractivity contribution >= 4 is 33.0 Å². The minimum atomic E-state index is 0.308. The van der Waals surface area contributed by atoms with Crippen LogP contribution in [0.4, 0.5) is 0 Å². The molecule has 0 aliphatic rings. The van der Waals surface area contributed by atoms with E-state index in [4.69, 9.17) is 0 Å². The number of benzene rings is 1. The molecule has 19 heavy (non-hydrogen) atoms. The zero-order valence-corrected chi connectivity index (χ0v) is 12.3. The molecule has 0 spiro atoms. The lowest BCUT2D eigenvalue weighted by molar-refractivity contribution is 0.559. The smallest absolute Gasteiger partial charge is 0.0669 e. The van der Waals surface area contributed by atoms with Crippen LogP contribution in [-0.4, -0.2) is 16.1 Å². The predicted octanol–water partition coefficient (Wildman–Crippen LogP) is 3.65. The maximum atomic E-state index is 3.97. The van der Waals surface area contributed by atoms with E-state index in [-0.39, 0.29) is 0 Å². The van der Waals surface area contributed by atoms with Crippen LogP contribution in [0.2, 0.25) is 0 Å². The van der Waals surface area contributed by atoms with Crippen LogP contribution >= 0.6 is 22.9 Å². The lowest BCUT2D eigenvalue weighted by Crippen LogP contribution is -2.21. The molecular formula is C14H15N3S2. The number of fused-ring (bicyclic) bond motifs is 1. The van der Waals surface area contributed by atoms with Gasteiger partial charge in [-0.15, -0.1) is 16.4 Å². The maximum absolute atomic E-state index is 3.97. The Morgan fingerprint density at radius 1 is 1.32 bits per heavy atom. The molecule has 3 rings (SSSR count). The Kier molecular flexibility index (Phi) is 3.87. The molecule has 1 unspecified atom stereocenters. The molecule has 0 fully saturated rings. The minimum absolute atomic E-state index is 0.308. The van der Waals surface area contributed by atoms with E-state index in [1.807, 2.05) is 17.5 Å². The van der Waals surface area contributed by atoms with Crippen LogP contribution in [0.1, 0.15) is 23.4 Å². The Hall–Kier alpha value is -1.30. The van der Waals surface area contributed by atoms with Gasteiger partial charge in [-0.25, -0.2) is 0 Å². The second kappa shape index (κ2) is 5.77. The summed E-state index contributed by atoms with van der Waals surface area (Å²) in [6.45, 7) is 3.08. The maximum Gasteiger partial charge on any atom is 0.0669 e. The summed E-state index contributed by atoms with van der Waals surface area (Å²) in [4.78, 5) is 1.21. The highest BCUT2D eigenvalue weighted by Crippen LogP contribution is 2.30. The molecule has 0 aliphatic heterocycles. The zero-order valence-electron chi connectivity index (χ0n) is 10.7. The van der Waals surface area contributed by atoms with Gasteiger partial charge >= 0.3 is 0 Å². The van der Waals surface area contributed by atoms with E-state index in [1.54, 1.807) is 0 Å². The van der Waals surface area contributed by atoms with E-state index < -0.39 is 0 Å². The van der Waals surface area contributed by atoms with Crippen molar-refractivity contribution in [2.75, 3.05) is 6.54 Å². The molecule has 3 aromatic rings. The molecule has 3 nitrogen and oxygen atoms in total. The summed E-state index contributed by atoms with van der Waals surface area (Å²) in [7, 11) is 0. The molecule has 0 saturated heterocycles. The van der Waals surface area contributed by atoms with Crippen LogP contribution in [-0.2, 0) is 6.42 Å². The normalized spacial score (nSPS) is 12.9. The number of thiophene rings is 1. The number of nitrogens with one attached hydrogen (secondary N) is 1. The van der Waals surface area contributed by atoms with Crippen LogP contribution in [0.15, 0.2) is 35.8 Å². The van der Waals surface area contributed by atoms with Crippen molar-refractivity contribution in [3.8, 4) is 0 Å². The van der Waals surface area contributed by atoms with Crippen LogP contribution < -0.4 is 5.32 Å². The van der Waals surface area contributed by atoms with E-state index in [2.05, 4.69) is 51.5 Å². The fraction of sp³-hybridized carbons (Fsp3) is 0.286. The standard InChI is InChI=1S/C14H15N3S2/c1-2-15-12(14-8-16-17-19-14)7-10-9-18-13-6-4-3-5-11(10)13/h3-6,8-9,12,15H,2,7H2,1H3. The van der Waals surface area contributed by atoms with Crippen LogP contribution in [0.25, 0.3) is 10.1 Å². The molecule has 0 radical (unpaired) electrons. The van der Waals surface area contributed by atoms with Crippen molar-refractivity contribution in [3.05, 3.63) is 46.3 Å². The van der Waals surface area contributed by atoms with E-state index in [9.17, 15) is 0 Å². The number of rotatable bonds is 5. The zero-order chi connectivity index (χ0) is 13.1. The summed E-state index contributed by atoms with van der Waals surface area (Å²) in [5.41, 5.74) is 1.40. The van der Waals surface area contributed by atoms with Crippen molar-refractivity contribution in [3.63, 3.8) is 0 Å². The van der Waals surface area contributed by atoms with Gasteiger partial charge in [0, 0.05) is 10.7 Å². The van der Waals surface area contributed by atoms with Gasteiger partial charge in [-0.3, -0.25) is 0 Å². The highest BCUT2D eigenvalue weighted by molar-refractivity contribution is 7.17. The number of aromatic nitrogens is 2. The number of likely N-dealkylation sites (N-methyl/N-ethyl adjacent to an activating group) is 1. The number of nitrogens with zero attached hydrogens (tertiary/aromatic N) is 2. The molecule has 1 aromatic carbocycles. The molecular weight excluding hydrogens is 274 g/mol. The van der Waals surface area contributed by atoms with E-state index in [1.165, 1.54) is 32.1 Å². The Labute approximate surface area is 120 Å². The van der Waals surface area contributed by atoms with Crippen molar-refractivity contribution in [1.82, 2.24) is 14.9 Å². The summed E-state index contributed by atoms with van der Waals surface area (Å²) in [5.74, 6) is 0. The van der Waals surface area contributed by atoms with Crippen molar-refractivity contribution < 1.29 is 0 Å². The highest BCUT2D eigenvalue weighted by atomic mass is 32.1. The molecule has 1 N–H and O–H groups in total. The Bertz CT molecular complexity index is 646. The van der Waals surface area contributed by atoms with Gasteiger partial charge in [0.2, 0.25) is 0 Å². The van der Waals surface area contributed by atoms with Gasteiger partial charge < -0.3 is 5.32 Å². The van der Waals surface area contributed by atoms with Crippen LogP contribution in [0.5, 0.6) is 0 Å². The Morgan fingerprint density at radius 3 is 3.00 bits per heavy atom. The molecule has 0 saturated carbocycles. The van der Waals surface area contributed by atoms with Gasteiger partial charge in [0.1, 0.15) is 0 Å². The first kappa shape index (κ1) is 12.7. The molecule has 5 heteroatoms. The molecule has 98 valence electrons. The molecule has 0 aliphatic carbocycles.